The van der Waals surface area contributed by atoms with E-state index >= 15 is 0 Å². The molecule has 2 atom stereocenters. The van der Waals surface area contributed by atoms with Crippen LogP contribution in [-0.2, 0) is 4.79 Å². The molecule has 0 saturated carbocycles. The van der Waals surface area contributed by atoms with Gasteiger partial charge in [0.2, 0.25) is 6.54 Å². The van der Waals surface area contributed by atoms with Crippen LogP contribution in [0.25, 0.3) is 0 Å². The van der Waals surface area contributed by atoms with Crippen molar-refractivity contribution in [3.63, 3.8) is 0 Å². The summed E-state index contributed by atoms with van der Waals surface area (Å²) in [5, 5.41) is 10.3. The van der Waals surface area contributed by atoms with Gasteiger partial charge in [-0.15, -0.1) is 0 Å². The van der Waals surface area contributed by atoms with E-state index in [1.54, 1.807) is 6.92 Å². The second-order valence-corrected chi connectivity index (χ2v) is 3.90. The van der Waals surface area contributed by atoms with Crippen molar-refractivity contribution < 1.29 is 9.72 Å². The van der Waals surface area contributed by atoms with Gasteiger partial charge in [0, 0.05) is 16.8 Å². The second kappa shape index (κ2) is 5.67. The minimum absolute atomic E-state index is 0.0991. The highest BCUT2D eigenvalue weighted by molar-refractivity contribution is 5.53. The molecular formula is C9H17NO3. The predicted octanol–water partition coefficient (Wildman–Crippen LogP) is 1.76. The SMILES string of the molecule is CC(C)C[C@@H](C[N+](=O)[O-])[C@@H](C)C=O. The maximum Gasteiger partial charge on any atom is 0.207 e. The first-order valence-electron chi connectivity index (χ1n) is 4.54. The number of hydrogen-bond donors (Lipinski definition) is 0. The summed E-state index contributed by atoms with van der Waals surface area (Å²) in [7, 11) is 0. The number of carbonyl (C=O) groups excluding carboxylic acids is 1. The second-order valence-electron chi connectivity index (χ2n) is 3.90. The van der Waals surface area contributed by atoms with Crippen LogP contribution in [0.3, 0.4) is 0 Å². The lowest BCUT2D eigenvalue weighted by Crippen LogP contribution is -2.23. The molecule has 0 aromatic rings. The Bertz CT molecular complexity index is 180. The van der Waals surface area contributed by atoms with E-state index < -0.39 is 0 Å². The van der Waals surface area contributed by atoms with Crippen LogP contribution in [0.15, 0.2) is 0 Å². The molecule has 0 N–H and O–H groups in total. The highest BCUT2D eigenvalue weighted by Crippen LogP contribution is 2.19. The van der Waals surface area contributed by atoms with Crippen molar-refractivity contribution in [1.29, 1.82) is 0 Å². The van der Waals surface area contributed by atoms with E-state index in [0.29, 0.717) is 5.92 Å². The normalized spacial score (nSPS) is 15.4. The van der Waals surface area contributed by atoms with Gasteiger partial charge in [0.1, 0.15) is 6.29 Å². The van der Waals surface area contributed by atoms with Crippen molar-refractivity contribution in [3.8, 4) is 0 Å². The van der Waals surface area contributed by atoms with E-state index in [-0.39, 0.29) is 23.3 Å². The average molecular weight is 187 g/mol. The molecule has 0 radical (unpaired) electrons. The molecule has 4 heteroatoms. The third kappa shape index (κ3) is 5.33. The predicted molar refractivity (Wildman–Crippen MR) is 50.0 cm³/mol. The fourth-order valence-electron chi connectivity index (χ4n) is 1.36. The molecule has 0 unspecified atom stereocenters. The van der Waals surface area contributed by atoms with Gasteiger partial charge in [0.05, 0.1) is 0 Å². The minimum Gasteiger partial charge on any atom is -0.303 e. The minimum atomic E-state index is -0.340. The summed E-state index contributed by atoms with van der Waals surface area (Å²) in [5.74, 6) is 0.0626. The van der Waals surface area contributed by atoms with Gasteiger partial charge in [-0.2, -0.15) is 0 Å². The Morgan fingerprint density at radius 2 is 1.92 bits per heavy atom. The number of nitrogens with zero attached hydrogens (tertiary/aromatic N) is 1. The van der Waals surface area contributed by atoms with Gasteiger partial charge in [-0.3, -0.25) is 10.1 Å². The van der Waals surface area contributed by atoms with Crippen LogP contribution in [0.2, 0.25) is 0 Å². The molecule has 0 aromatic carbocycles. The molecule has 0 saturated heterocycles. The van der Waals surface area contributed by atoms with Crippen molar-refractivity contribution in [2.45, 2.75) is 27.2 Å². The van der Waals surface area contributed by atoms with E-state index in [9.17, 15) is 14.9 Å². The lowest BCUT2D eigenvalue weighted by molar-refractivity contribution is -0.489. The molecule has 0 fully saturated rings. The van der Waals surface area contributed by atoms with Gasteiger partial charge in [-0.05, 0) is 12.3 Å². The molecule has 13 heavy (non-hydrogen) atoms. The Labute approximate surface area is 78.5 Å². The van der Waals surface area contributed by atoms with Crippen LogP contribution in [0, 0.1) is 27.9 Å². The zero-order chi connectivity index (χ0) is 10.4. The van der Waals surface area contributed by atoms with Gasteiger partial charge in [-0.25, -0.2) is 0 Å². The molecule has 0 aliphatic rings. The number of rotatable bonds is 6. The Hall–Kier alpha value is -0.930. The third-order valence-electron chi connectivity index (χ3n) is 2.12. The molecule has 76 valence electrons. The van der Waals surface area contributed by atoms with Gasteiger partial charge in [0.15, 0.2) is 0 Å². The number of hydrogen-bond acceptors (Lipinski definition) is 3. The summed E-state index contributed by atoms with van der Waals surface area (Å²) in [5.41, 5.74) is 0. The summed E-state index contributed by atoms with van der Waals surface area (Å²) in [4.78, 5) is 20.4. The van der Waals surface area contributed by atoms with Crippen LogP contribution in [0.1, 0.15) is 27.2 Å². The number of aldehydes is 1. The van der Waals surface area contributed by atoms with Gasteiger partial charge >= 0.3 is 0 Å². The van der Waals surface area contributed by atoms with Crippen molar-refractivity contribution in [2.75, 3.05) is 6.54 Å². The fraction of sp³-hybridized carbons (Fsp3) is 0.889. The molecule has 0 rings (SSSR count). The molecule has 0 aliphatic heterocycles. The number of nitro groups is 1. The van der Waals surface area contributed by atoms with Crippen molar-refractivity contribution in [3.05, 3.63) is 10.1 Å². The first kappa shape index (κ1) is 12.1. The largest absolute Gasteiger partial charge is 0.303 e. The summed E-state index contributed by atoms with van der Waals surface area (Å²) < 4.78 is 0. The van der Waals surface area contributed by atoms with Crippen LogP contribution in [0.5, 0.6) is 0 Å². The number of carbonyl (C=O) groups is 1. The quantitative estimate of drug-likeness (QED) is 0.361. The van der Waals surface area contributed by atoms with E-state index in [1.165, 1.54) is 0 Å². The highest BCUT2D eigenvalue weighted by Gasteiger charge is 2.22. The Kier molecular flexibility index (Phi) is 5.26. The van der Waals surface area contributed by atoms with E-state index in [1.807, 2.05) is 13.8 Å². The maximum atomic E-state index is 10.5. The summed E-state index contributed by atoms with van der Waals surface area (Å²) in [6, 6.07) is 0. The lowest BCUT2D eigenvalue weighted by atomic mass is 9.87. The zero-order valence-electron chi connectivity index (χ0n) is 8.40. The Balaban J connectivity index is 4.17. The highest BCUT2D eigenvalue weighted by atomic mass is 16.6. The van der Waals surface area contributed by atoms with Crippen LogP contribution >= 0.6 is 0 Å². The van der Waals surface area contributed by atoms with E-state index in [4.69, 9.17) is 0 Å². The van der Waals surface area contributed by atoms with Gasteiger partial charge in [0.25, 0.3) is 0 Å². The summed E-state index contributed by atoms with van der Waals surface area (Å²) in [6.07, 6.45) is 1.54. The summed E-state index contributed by atoms with van der Waals surface area (Å²) in [6.45, 7) is 5.65. The lowest BCUT2D eigenvalue weighted by Gasteiger charge is -2.17. The van der Waals surface area contributed by atoms with Crippen molar-refractivity contribution >= 4 is 6.29 Å². The first-order chi connectivity index (χ1) is 5.97. The van der Waals surface area contributed by atoms with Crippen LogP contribution in [-0.4, -0.2) is 17.8 Å². The molecule has 0 bridgehead atoms. The van der Waals surface area contributed by atoms with Gasteiger partial charge in [-0.1, -0.05) is 20.8 Å². The van der Waals surface area contributed by atoms with Crippen molar-refractivity contribution in [2.24, 2.45) is 17.8 Å². The maximum absolute atomic E-state index is 10.5. The third-order valence-corrected chi connectivity index (χ3v) is 2.12. The first-order valence-corrected chi connectivity index (χ1v) is 4.54. The fourth-order valence-corrected chi connectivity index (χ4v) is 1.36. The average Bonchev–Trinajstić information content (AvgIpc) is 2.00. The van der Waals surface area contributed by atoms with Gasteiger partial charge < -0.3 is 4.79 Å². The van der Waals surface area contributed by atoms with Crippen LogP contribution < -0.4 is 0 Å². The molecule has 0 amide bonds. The molecular weight excluding hydrogens is 170 g/mol. The molecule has 4 nitrogen and oxygen atoms in total. The van der Waals surface area contributed by atoms with E-state index in [0.717, 1.165) is 12.7 Å². The Morgan fingerprint density at radius 3 is 2.23 bits per heavy atom. The topological polar surface area (TPSA) is 60.2 Å². The molecule has 0 heterocycles. The molecule has 0 spiro atoms. The standard InChI is InChI=1S/C9H17NO3/c1-7(2)4-9(5-10(12)13)8(3)6-11/h6-9H,4-5H2,1-3H3/t8-,9-/m0/s1. The summed E-state index contributed by atoms with van der Waals surface area (Å²) >= 11 is 0. The molecule has 0 aliphatic carbocycles. The monoisotopic (exact) mass is 187 g/mol. The smallest absolute Gasteiger partial charge is 0.207 e. The van der Waals surface area contributed by atoms with Crippen LogP contribution in [0.4, 0.5) is 0 Å². The zero-order valence-corrected chi connectivity index (χ0v) is 8.40. The Morgan fingerprint density at radius 1 is 1.38 bits per heavy atom. The molecule has 0 aromatic heterocycles. The van der Waals surface area contributed by atoms with E-state index in [2.05, 4.69) is 0 Å². The van der Waals surface area contributed by atoms with Crippen molar-refractivity contribution in [1.82, 2.24) is 0 Å².